The first-order valence-corrected chi connectivity index (χ1v) is 3.98. The Labute approximate surface area is 79.9 Å². The Morgan fingerprint density at radius 3 is 2.69 bits per heavy atom. The van der Waals surface area contributed by atoms with E-state index in [-0.39, 0.29) is 16.3 Å². The van der Waals surface area contributed by atoms with Crippen LogP contribution in [0.2, 0.25) is 5.02 Å². The fourth-order valence-corrected chi connectivity index (χ4v) is 1.40. The van der Waals surface area contributed by atoms with Crippen LogP contribution in [0.15, 0.2) is 12.1 Å². The van der Waals surface area contributed by atoms with Gasteiger partial charge in [0.25, 0.3) is 5.69 Å². The van der Waals surface area contributed by atoms with Crippen molar-refractivity contribution in [1.82, 2.24) is 0 Å². The molecule has 0 saturated heterocycles. The molecule has 1 aromatic rings. The van der Waals surface area contributed by atoms with Crippen molar-refractivity contribution >= 4 is 17.3 Å². The molecule has 0 saturated carbocycles. The quantitative estimate of drug-likeness (QED) is 0.588. The average molecular weight is 202 g/mol. The number of benzene rings is 1. The Hall–Kier alpha value is -1.13. The second-order valence-electron chi connectivity index (χ2n) is 2.66. The van der Waals surface area contributed by atoms with E-state index in [4.69, 9.17) is 16.7 Å². The van der Waals surface area contributed by atoms with Gasteiger partial charge in [-0.15, -0.1) is 0 Å². The van der Waals surface area contributed by atoms with Gasteiger partial charge in [0.2, 0.25) is 0 Å². The van der Waals surface area contributed by atoms with Crippen LogP contribution in [-0.2, 0) is 6.61 Å². The molecule has 1 N–H and O–H groups in total. The first-order valence-electron chi connectivity index (χ1n) is 3.60. The van der Waals surface area contributed by atoms with Crippen LogP contribution in [0, 0.1) is 17.0 Å². The fourth-order valence-electron chi connectivity index (χ4n) is 1.07. The molecule has 0 atom stereocenters. The minimum absolute atomic E-state index is 0.132. The standard InChI is InChI=1S/C8H8ClNO3/c1-5-2-7(9)6(4-11)8(3-5)10(12)13/h2-3,11H,4H2,1H3. The number of hydrogen-bond acceptors (Lipinski definition) is 3. The maximum atomic E-state index is 10.5. The van der Waals surface area contributed by atoms with E-state index in [1.54, 1.807) is 13.0 Å². The summed E-state index contributed by atoms with van der Waals surface area (Å²) in [7, 11) is 0. The first kappa shape index (κ1) is 9.95. The Morgan fingerprint density at radius 2 is 2.23 bits per heavy atom. The first-order chi connectivity index (χ1) is 6.06. The van der Waals surface area contributed by atoms with Gasteiger partial charge in [0, 0.05) is 6.07 Å². The van der Waals surface area contributed by atoms with Crippen molar-refractivity contribution in [2.45, 2.75) is 13.5 Å². The van der Waals surface area contributed by atoms with Crippen molar-refractivity contribution in [2.75, 3.05) is 0 Å². The second-order valence-corrected chi connectivity index (χ2v) is 3.07. The van der Waals surface area contributed by atoms with Gasteiger partial charge in [0.15, 0.2) is 0 Å². The highest BCUT2D eigenvalue weighted by molar-refractivity contribution is 6.31. The minimum Gasteiger partial charge on any atom is -0.391 e. The van der Waals surface area contributed by atoms with Crippen LogP contribution in [0.5, 0.6) is 0 Å². The highest BCUT2D eigenvalue weighted by Gasteiger charge is 2.16. The molecule has 0 amide bonds. The molecule has 0 unspecified atom stereocenters. The van der Waals surface area contributed by atoms with E-state index in [2.05, 4.69) is 0 Å². The Kier molecular flexibility index (Phi) is 2.85. The van der Waals surface area contributed by atoms with Crippen molar-refractivity contribution in [3.05, 3.63) is 38.4 Å². The van der Waals surface area contributed by atoms with Crippen LogP contribution in [0.25, 0.3) is 0 Å². The van der Waals surface area contributed by atoms with Gasteiger partial charge in [-0.25, -0.2) is 0 Å². The number of aryl methyl sites for hydroxylation is 1. The summed E-state index contributed by atoms with van der Waals surface area (Å²) in [4.78, 5) is 9.97. The molecule has 0 fully saturated rings. The summed E-state index contributed by atoms with van der Waals surface area (Å²) in [6.45, 7) is 1.29. The van der Waals surface area contributed by atoms with Crippen molar-refractivity contribution in [2.24, 2.45) is 0 Å². The molecule has 1 aromatic carbocycles. The molecule has 5 heteroatoms. The molecule has 0 bridgehead atoms. The molecule has 0 heterocycles. The molecule has 0 aromatic heterocycles. The fraction of sp³-hybridized carbons (Fsp3) is 0.250. The number of aliphatic hydroxyl groups is 1. The molecular formula is C8H8ClNO3. The summed E-state index contributed by atoms with van der Waals surface area (Å²) < 4.78 is 0. The predicted molar refractivity (Wildman–Crippen MR) is 48.8 cm³/mol. The molecule has 0 spiro atoms. The smallest absolute Gasteiger partial charge is 0.276 e. The predicted octanol–water partition coefficient (Wildman–Crippen LogP) is 2.05. The highest BCUT2D eigenvalue weighted by Crippen LogP contribution is 2.27. The molecular weight excluding hydrogens is 194 g/mol. The van der Waals surface area contributed by atoms with Crippen LogP contribution in [0.4, 0.5) is 5.69 Å². The van der Waals surface area contributed by atoms with Crippen LogP contribution < -0.4 is 0 Å². The third-order valence-electron chi connectivity index (χ3n) is 1.67. The largest absolute Gasteiger partial charge is 0.391 e. The van der Waals surface area contributed by atoms with E-state index in [1.165, 1.54) is 6.07 Å². The van der Waals surface area contributed by atoms with E-state index in [0.29, 0.717) is 5.56 Å². The Balaban J connectivity index is 3.38. The van der Waals surface area contributed by atoms with E-state index in [9.17, 15) is 10.1 Å². The van der Waals surface area contributed by atoms with Gasteiger partial charge in [-0.2, -0.15) is 0 Å². The number of rotatable bonds is 2. The van der Waals surface area contributed by atoms with Crippen LogP contribution in [0.1, 0.15) is 11.1 Å². The van der Waals surface area contributed by atoms with Crippen molar-refractivity contribution in [1.29, 1.82) is 0 Å². The van der Waals surface area contributed by atoms with Gasteiger partial charge in [0.1, 0.15) is 0 Å². The topological polar surface area (TPSA) is 63.4 Å². The summed E-state index contributed by atoms with van der Waals surface area (Å²) in [5, 5.41) is 19.6. The zero-order chi connectivity index (χ0) is 10.0. The lowest BCUT2D eigenvalue weighted by atomic mass is 10.1. The van der Waals surface area contributed by atoms with Gasteiger partial charge in [-0.1, -0.05) is 11.6 Å². The van der Waals surface area contributed by atoms with Gasteiger partial charge in [0.05, 0.1) is 22.1 Å². The summed E-state index contributed by atoms with van der Waals surface area (Å²) >= 11 is 5.71. The van der Waals surface area contributed by atoms with Crippen LogP contribution in [0.3, 0.4) is 0 Å². The molecule has 13 heavy (non-hydrogen) atoms. The zero-order valence-corrected chi connectivity index (χ0v) is 7.71. The summed E-state index contributed by atoms with van der Waals surface area (Å²) in [6, 6.07) is 2.97. The van der Waals surface area contributed by atoms with Crippen LogP contribution >= 0.6 is 11.6 Å². The maximum absolute atomic E-state index is 10.5. The van der Waals surface area contributed by atoms with Gasteiger partial charge < -0.3 is 5.11 Å². The molecule has 0 aliphatic carbocycles. The van der Waals surface area contributed by atoms with Gasteiger partial charge in [-0.05, 0) is 18.6 Å². The Morgan fingerprint density at radius 1 is 1.62 bits per heavy atom. The highest BCUT2D eigenvalue weighted by atomic mass is 35.5. The van der Waals surface area contributed by atoms with Crippen molar-refractivity contribution in [3.8, 4) is 0 Å². The third kappa shape index (κ3) is 1.96. The Bertz CT molecular complexity index is 351. The number of nitro benzene ring substituents is 1. The molecule has 70 valence electrons. The number of hydrogen-bond donors (Lipinski definition) is 1. The van der Waals surface area contributed by atoms with Crippen molar-refractivity contribution < 1.29 is 10.0 Å². The van der Waals surface area contributed by atoms with Crippen molar-refractivity contribution in [3.63, 3.8) is 0 Å². The molecule has 0 radical (unpaired) electrons. The van der Waals surface area contributed by atoms with E-state index in [0.717, 1.165) is 0 Å². The summed E-state index contributed by atoms with van der Waals surface area (Å²) in [6.07, 6.45) is 0. The second kappa shape index (κ2) is 3.72. The molecule has 1 rings (SSSR count). The average Bonchev–Trinajstić information content (AvgIpc) is 2.02. The van der Waals surface area contributed by atoms with E-state index >= 15 is 0 Å². The normalized spacial score (nSPS) is 10.1. The number of halogens is 1. The molecule has 0 aliphatic heterocycles. The summed E-state index contributed by atoms with van der Waals surface area (Å²) in [5.74, 6) is 0. The zero-order valence-electron chi connectivity index (χ0n) is 6.95. The lowest BCUT2D eigenvalue weighted by molar-refractivity contribution is -0.385. The SMILES string of the molecule is Cc1cc(Cl)c(CO)c([N+](=O)[O-])c1. The van der Waals surface area contributed by atoms with Gasteiger partial charge in [-0.3, -0.25) is 10.1 Å². The number of aliphatic hydroxyl groups excluding tert-OH is 1. The molecule has 0 aliphatic rings. The van der Waals surface area contributed by atoms with Gasteiger partial charge >= 0.3 is 0 Å². The lowest BCUT2D eigenvalue weighted by Gasteiger charge is -2.03. The van der Waals surface area contributed by atoms with E-state index in [1.807, 2.05) is 0 Å². The van der Waals surface area contributed by atoms with E-state index < -0.39 is 11.5 Å². The molecule has 4 nitrogen and oxygen atoms in total. The number of nitro groups is 1. The lowest BCUT2D eigenvalue weighted by Crippen LogP contribution is -1.97. The minimum atomic E-state index is -0.551. The number of nitrogens with zero attached hydrogens (tertiary/aromatic N) is 1. The summed E-state index contributed by atoms with van der Waals surface area (Å²) in [5.41, 5.74) is 0.735. The monoisotopic (exact) mass is 201 g/mol. The maximum Gasteiger partial charge on any atom is 0.276 e. The van der Waals surface area contributed by atoms with Crippen LogP contribution in [-0.4, -0.2) is 10.0 Å². The third-order valence-corrected chi connectivity index (χ3v) is 2.01.